The number of pyridine rings is 1. The molecule has 38 heavy (non-hydrogen) atoms. The molecule has 0 saturated carbocycles. The van der Waals surface area contributed by atoms with E-state index in [-0.39, 0.29) is 0 Å². The van der Waals surface area contributed by atoms with E-state index in [9.17, 15) is 9.90 Å². The number of anilines is 2. The van der Waals surface area contributed by atoms with Crippen LogP contribution >= 0.6 is 0 Å². The van der Waals surface area contributed by atoms with Crippen LogP contribution in [-0.4, -0.2) is 76.9 Å². The first kappa shape index (κ1) is 27.5. The molecule has 0 aliphatic carbocycles. The molecule has 0 amide bonds. The largest absolute Gasteiger partial charge is 0.480 e. The maximum atomic E-state index is 12.1. The lowest BCUT2D eigenvalue weighted by Gasteiger charge is -2.24. The molecule has 0 fully saturated rings. The summed E-state index contributed by atoms with van der Waals surface area (Å²) >= 11 is 0. The molecule has 9 heteroatoms. The van der Waals surface area contributed by atoms with Gasteiger partial charge < -0.3 is 25.4 Å². The number of para-hydroxylation sites is 1. The number of nitrogens with one attached hydrogen (secondary N) is 2. The van der Waals surface area contributed by atoms with E-state index in [0.29, 0.717) is 25.4 Å². The van der Waals surface area contributed by atoms with Crippen LogP contribution in [0.25, 0.3) is 17.0 Å². The summed E-state index contributed by atoms with van der Waals surface area (Å²) in [6.07, 6.45) is 8.85. The Labute approximate surface area is 224 Å². The second-order valence-corrected chi connectivity index (χ2v) is 9.62. The van der Waals surface area contributed by atoms with Crippen molar-refractivity contribution in [2.24, 2.45) is 0 Å². The van der Waals surface area contributed by atoms with E-state index in [1.165, 1.54) is 11.9 Å². The van der Waals surface area contributed by atoms with Gasteiger partial charge in [0.15, 0.2) is 0 Å². The van der Waals surface area contributed by atoms with Gasteiger partial charge in [0.1, 0.15) is 24.0 Å². The lowest BCUT2D eigenvalue weighted by molar-refractivity contribution is -0.138. The molecule has 2 aromatic heterocycles. The predicted octanol–water partition coefficient (Wildman–Crippen LogP) is 4.25. The highest BCUT2D eigenvalue weighted by atomic mass is 16.5. The number of rotatable bonds is 15. The van der Waals surface area contributed by atoms with E-state index in [2.05, 4.69) is 38.1 Å². The number of hydrogen-bond acceptors (Lipinski definition) is 8. The minimum absolute atomic E-state index is 0.441. The zero-order chi connectivity index (χ0) is 26.7. The Bertz CT molecular complexity index is 1230. The third-order valence-electron chi connectivity index (χ3n) is 6.98. The number of nitrogens with zero attached hydrogens (tertiary/aromatic N) is 4. The van der Waals surface area contributed by atoms with Crippen LogP contribution in [0.15, 0.2) is 43.2 Å². The Kier molecular flexibility index (Phi) is 10.0. The summed E-state index contributed by atoms with van der Waals surface area (Å²) in [5, 5.41) is 17.3. The van der Waals surface area contributed by atoms with E-state index in [1.54, 1.807) is 7.11 Å². The maximum Gasteiger partial charge on any atom is 0.326 e. The topological polar surface area (TPSA) is 113 Å². The monoisotopic (exact) mass is 518 g/mol. The molecule has 1 aromatic carbocycles. The number of carboxylic acids is 1. The summed E-state index contributed by atoms with van der Waals surface area (Å²) in [4.78, 5) is 27.8. The average molecular weight is 519 g/mol. The first-order valence-electron chi connectivity index (χ1n) is 13.4. The van der Waals surface area contributed by atoms with E-state index in [0.717, 1.165) is 79.7 Å². The third-order valence-corrected chi connectivity index (χ3v) is 6.98. The summed E-state index contributed by atoms with van der Waals surface area (Å²) in [6, 6.07) is 9.04. The molecule has 3 heterocycles. The van der Waals surface area contributed by atoms with Crippen molar-refractivity contribution in [3.8, 4) is 0 Å². The van der Waals surface area contributed by atoms with Crippen molar-refractivity contribution in [3.63, 3.8) is 0 Å². The Morgan fingerprint density at radius 1 is 1.26 bits per heavy atom. The van der Waals surface area contributed by atoms with Gasteiger partial charge >= 0.3 is 5.97 Å². The van der Waals surface area contributed by atoms with Crippen molar-refractivity contribution < 1.29 is 14.6 Å². The Morgan fingerprint density at radius 3 is 2.95 bits per heavy atom. The highest BCUT2D eigenvalue weighted by molar-refractivity contribution is 5.90. The van der Waals surface area contributed by atoms with Crippen molar-refractivity contribution in [2.45, 2.75) is 44.6 Å². The van der Waals surface area contributed by atoms with Crippen molar-refractivity contribution in [1.82, 2.24) is 19.9 Å². The maximum absolute atomic E-state index is 12.1. The number of aryl methyl sites for hydroxylation is 2. The summed E-state index contributed by atoms with van der Waals surface area (Å²) in [5.41, 5.74) is 4.26. The molecule has 202 valence electrons. The van der Waals surface area contributed by atoms with Crippen molar-refractivity contribution in [1.29, 1.82) is 0 Å². The fourth-order valence-corrected chi connectivity index (χ4v) is 4.85. The second kappa shape index (κ2) is 13.8. The summed E-state index contributed by atoms with van der Waals surface area (Å²) in [6.45, 7) is 7.80. The molecule has 1 atom stereocenters. The SMILES string of the molecule is C=Cc1cc2c(nc1CCCCN(CCOC)CC[C@H](Nc1ncnc3ccccc13)C(=O)O)NCCC2. The number of carboxylic acid groups (broad SMARTS) is 1. The van der Waals surface area contributed by atoms with Crippen LogP contribution in [0, 0.1) is 0 Å². The van der Waals surface area contributed by atoms with E-state index in [4.69, 9.17) is 9.72 Å². The molecule has 9 nitrogen and oxygen atoms in total. The Balaban J connectivity index is 1.32. The van der Waals surface area contributed by atoms with Gasteiger partial charge in [-0.15, -0.1) is 0 Å². The van der Waals surface area contributed by atoms with Gasteiger partial charge in [-0.3, -0.25) is 0 Å². The number of ether oxygens (including phenoxy) is 1. The van der Waals surface area contributed by atoms with Crippen molar-refractivity contribution in [2.75, 3.05) is 50.5 Å². The third kappa shape index (κ3) is 7.26. The molecule has 0 radical (unpaired) electrons. The Hall–Kier alpha value is -3.56. The quantitative estimate of drug-likeness (QED) is 0.254. The van der Waals surface area contributed by atoms with Crippen LogP contribution in [-0.2, 0) is 22.4 Å². The molecule has 1 aliphatic heterocycles. The summed E-state index contributed by atoms with van der Waals surface area (Å²) < 4.78 is 5.31. The molecule has 4 rings (SSSR count). The lowest BCUT2D eigenvalue weighted by Crippen LogP contribution is -2.37. The van der Waals surface area contributed by atoms with Gasteiger partial charge in [-0.05, 0) is 74.4 Å². The normalized spacial score (nSPS) is 13.6. The van der Waals surface area contributed by atoms with Crippen molar-refractivity contribution >= 4 is 34.6 Å². The fraction of sp³-hybridized carbons (Fsp3) is 0.448. The van der Waals surface area contributed by atoms with Crippen LogP contribution in [0.4, 0.5) is 11.6 Å². The van der Waals surface area contributed by atoms with Gasteiger partial charge in [-0.25, -0.2) is 19.7 Å². The highest BCUT2D eigenvalue weighted by Crippen LogP contribution is 2.24. The number of unbranched alkanes of at least 4 members (excludes halogenated alkanes) is 1. The number of methoxy groups -OCH3 is 1. The number of hydrogen-bond donors (Lipinski definition) is 3. The van der Waals surface area contributed by atoms with Crippen molar-refractivity contribution in [3.05, 3.63) is 60.1 Å². The standard InChI is InChI=1S/C29H38N6O3/c1-3-21-19-22-9-8-14-30-27(22)33-24(21)11-6-7-15-35(17-18-38-2)16-13-26(29(36)37)34-28-23-10-4-5-12-25(23)31-20-32-28/h3-5,10,12,19-20,26H,1,6-9,11,13-18H2,2H3,(H,30,33)(H,36,37)(H,31,32,34)/t26-/m0/s1. The molecule has 0 bridgehead atoms. The molecule has 0 saturated heterocycles. The molecule has 3 N–H and O–H groups in total. The van der Waals surface area contributed by atoms with Crippen LogP contribution in [0.1, 0.15) is 42.5 Å². The number of carbonyl (C=O) groups is 1. The minimum atomic E-state index is -0.900. The molecular formula is C29H38N6O3. The van der Waals surface area contributed by atoms with Crippen LogP contribution in [0.2, 0.25) is 0 Å². The smallest absolute Gasteiger partial charge is 0.326 e. The molecular weight excluding hydrogens is 480 g/mol. The van der Waals surface area contributed by atoms with Gasteiger partial charge in [-0.1, -0.05) is 24.8 Å². The number of fused-ring (bicyclic) bond motifs is 2. The number of benzene rings is 1. The summed E-state index contributed by atoms with van der Waals surface area (Å²) in [5.74, 6) is 0.655. The first-order valence-corrected chi connectivity index (χ1v) is 13.4. The van der Waals surface area contributed by atoms with Gasteiger partial charge in [0.05, 0.1) is 17.8 Å². The fourth-order valence-electron chi connectivity index (χ4n) is 4.85. The number of aliphatic carboxylic acids is 1. The number of aromatic nitrogens is 3. The minimum Gasteiger partial charge on any atom is -0.480 e. The lowest BCUT2D eigenvalue weighted by atomic mass is 10.0. The van der Waals surface area contributed by atoms with Gasteiger partial charge in [0, 0.05) is 32.1 Å². The summed E-state index contributed by atoms with van der Waals surface area (Å²) in [7, 11) is 1.69. The van der Waals surface area contributed by atoms with Crippen LogP contribution in [0.3, 0.4) is 0 Å². The second-order valence-electron chi connectivity index (χ2n) is 9.62. The molecule has 0 spiro atoms. The first-order chi connectivity index (χ1) is 18.6. The Morgan fingerprint density at radius 2 is 2.13 bits per heavy atom. The van der Waals surface area contributed by atoms with E-state index >= 15 is 0 Å². The average Bonchev–Trinajstić information content (AvgIpc) is 2.94. The zero-order valence-electron chi connectivity index (χ0n) is 22.2. The van der Waals surface area contributed by atoms with E-state index < -0.39 is 12.0 Å². The molecule has 0 unspecified atom stereocenters. The van der Waals surface area contributed by atoms with Crippen LogP contribution < -0.4 is 10.6 Å². The van der Waals surface area contributed by atoms with E-state index in [1.807, 2.05) is 30.3 Å². The van der Waals surface area contributed by atoms with Gasteiger partial charge in [0.2, 0.25) is 0 Å². The highest BCUT2D eigenvalue weighted by Gasteiger charge is 2.20. The zero-order valence-corrected chi connectivity index (χ0v) is 22.2. The molecule has 3 aromatic rings. The van der Waals surface area contributed by atoms with Gasteiger partial charge in [0.25, 0.3) is 0 Å². The molecule has 1 aliphatic rings. The predicted molar refractivity (Wildman–Crippen MR) is 152 cm³/mol. The van der Waals surface area contributed by atoms with Crippen LogP contribution in [0.5, 0.6) is 0 Å². The van der Waals surface area contributed by atoms with Gasteiger partial charge in [-0.2, -0.15) is 0 Å².